The van der Waals surface area contributed by atoms with E-state index in [0.717, 1.165) is 16.7 Å². The van der Waals surface area contributed by atoms with Crippen molar-refractivity contribution in [3.05, 3.63) is 59.8 Å². The number of ether oxygens (including phenoxy) is 2. The monoisotopic (exact) mass is 415 g/mol. The molecule has 2 aromatic heterocycles. The highest BCUT2D eigenvalue weighted by Crippen LogP contribution is 2.32. The summed E-state index contributed by atoms with van der Waals surface area (Å²) in [5, 5.41) is 4.58. The topological polar surface area (TPSA) is 92.5 Å². The smallest absolute Gasteiger partial charge is 0.310 e. The van der Waals surface area contributed by atoms with Crippen LogP contribution in [0.2, 0.25) is 0 Å². The Kier molecular flexibility index (Phi) is 5.35. The van der Waals surface area contributed by atoms with E-state index in [9.17, 15) is 8.42 Å². The average Bonchev–Trinajstić information content (AvgIpc) is 3.39. The summed E-state index contributed by atoms with van der Waals surface area (Å²) in [7, 11) is -3.73. The van der Waals surface area contributed by atoms with Crippen LogP contribution >= 0.6 is 0 Å². The van der Waals surface area contributed by atoms with Crippen LogP contribution in [-0.4, -0.2) is 42.1 Å². The van der Waals surface area contributed by atoms with Gasteiger partial charge in [-0.15, -0.1) is 0 Å². The van der Waals surface area contributed by atoms with Crippen molar-refractivity contribution < 1.29 is 22.1 Å². The first-order valence-corrected chi connectivity index (χ1v) is 10.8. The van der Waals surface area contributed by atoms with Crippen molar-refractivity contribution in [2.24, 2.45) is 0 Å². The minimum absolute atomic E-state index is 0.0821. The Morgan fingerprint density at radius 1 is 1.17 bits per heavy atom. The lowest BCUT2D eigenvalue weighted by atomic mass is 10.0. The quantitative estimate of drug-likeness (QED) is 0.571. The molecular weight excluding hydrogens is 394 g/mol. The predicted octanol–water partition coefficient (Wildman–Crippen LogP) is 3.02. The molecule has 0 saturated carbocycles. The molecule has 0 aliphatic carbocycles. The van der Waals surface area contributed by atoms with Crippen LogP contribution < -0.4 is 4.18 Å². The third kappa shape index (κ3) is 4.16. The van der Waals surface area contributed by atoms with E-state index in [2.05, 4.69) is 10.1 Å². The van der Waals surface area contributed by atoms with Crippen molar-refractivity contribution in [3.8, 4) is 23.0 Å². The first-order chi connectivity index (χ1) is 14.0. The summed E-state index contributed by atoms with van der Waals surface area (Å²) in [6.45, 7) is 4.58. The second-order valence-electron chi connectivity index (χ2n) is 6.55. The summed E-state index contributed by atoms with van der Waals surface area (Å²) < 4.78 is 42.0. The van der Waals surface area contributed by atoms with Gasteiger partial charge in [0.05, 0.1) is 24.7 Å². The maximum absolute atomic E-state index is 12.1. The van der Waals surface area contributed by atoms with Crippen LogP contribution in [0.5, 0.6) is 5.88 Å². The maximum atomic E-state index is 12.1. The standard InChI is InChI=1S/C20H21N3O5S/c1-3-29(24,25)28-19-13-17(22-23(19)18-6-4-5-9-21-18)16-12-15(8-7-14(16)2)20-26-10-11-27-20/h4-9,12-13,20H,3,10-11H2,1-2H3. The van der Waals surface area contributed by atoms with Crippen molar-refractivity contribution >= 4 is 10.1 Å². The lowest BCUT2D eigenvalue weighted by molar-refractivity contribution is -0.0440. The van der Waals surface area contributed by atoms with Gasteiger partial charge in [-0.05, 0) is 37.6 Å². The molecule has 3 aromatic rings. The van der Waals surface area contributed by atoms with Crippen molar-refractivity contribution in [3.63, 3.8) is 0 Å². The number of nitrogens with zero attached hydrogens (tertiary/aromatic N) is 3. The minimum Gasteiger partial charge on any atom is -0.361 e. The molecule has 3 heterocycles. The molecule has 0 atom stereocenters. The third-order valence-corrected chi connectivity index (χ3v) is 5.67. The molecule has 0 spiro atoms. The molecule has 0 N–H and O–H groups in total. The van der Waals surface area contributed by atoms with Crippen LogP contribution in [0.15, 0.2) is 48.7 Å². The molecule has 0 bridgehead atoms. The van der Waals surface area contributed by atoms with Crippen LogP contribution in [-0.2, 0) is 19.6 Å². The summed E-state index contributed by atoms with van der Waals surface area (Å²) in [5.74, 6) is 0.385. The molecular formula is C20H21N3O5S. The van der Waals surface area contributed by atoms with E-state index in [1.165, 1.54) is 11.6 Å². The summed E-state index contributed by atoms with van der Waals surface area (Å²) in [5.41, 5.74) is 3.24. The fraction of sp³-hybridized carbons (Fsp3) is 0.300. The van der Waals surface area contributed by atoms with Gasteiger partial charge in [-0.2, -0.15) is 18.2 Å². The molecule has 0 unspecified atom stereocenters. The number of aryl methyl sites for hydroxylation is 1. The molecule has 1 fully saturated rings. The molecule has 1 aliphatic heterocycles. The Morgan fingerprint density at radius 2 is 1.97 bits per heavy atom. The minimum atomic E-state index is -3.73. The van der Waals surface area contributed by atoms with Crippen molar-refractivity contribution in [2.45, 2.75) is 20.1 Å². The molecule has 0 amide bonds. The van der Waals surface area contributed by atoms with E-state index in [-0.39, 0.29) is 11.6 Å². The first-order valence-electron chi connectivity index (χ1n) is 9.24. The average molecular weight is 415 g/mol. The van der Waals surface area contributed by atoms with E-state index < -0.39 is 16.4 Å². The molecule has 152 valence electrons. The Balaban J connectivity index is 1.80. The normalized spacial score (nSPS) is 15.0. The molecule has 29 heavy (non-hydrogen) atoms. The second-order valence-corrected chi connectivity index (χ2v) is 8.40. The summed E-state index contributed by atoms with van der Waals surface area (Å²) in [6, 6.07) is 12.7. The van der Waals surface area contributed by atoms with Gasteiger partial charge in [0, 0.05) is 23.4 Å². The number of hydrogen-bond acceptors (Lipinski definition) is 7. The third-order valence-electron chi connectivity index (χ3n) is 4.54. The molecule has 1 aromatic carbocycles. The summed E-state index contributed by atoms with van der Waals surface area (Å²) in [4.78, 5) is 4.26. The molecule has 1 aliphatic rings. The predicted molar refractivity (Wildman–Crippen MR) is 106 cm³/mol. The van der Waals surface area contributed by atoms with Gasteiger partial charge in [0.1, 0.15) is 0 Å². The molecule has 1 saturated heterocycles. The Hall–Kier alpha value is -2.75. The van der Waals surface area contributed by atoms with E-state index in [1.54, 1.807) is 30.5 Å². The van der Waals surface area contributed by atoms with Crippen molar-refractivity contribution in [1.82, 2.24) is 14.8 Å². The largest absolute Gasteiger partial charge is 0.361 e. The second kappa shape index (κ2) is 7.94. The van der Waals surface area contributed by atoms with Crippen LogP contribution in [0.3, 0.4) is 0 Å². The van der Waals surface area contributed by atoms with Gasteiger partial charge in [0.15, 0.2) is 12.1 Å². The highest BCUT2D eigenvalue weighted by atomic mass is 32.2. The zero-order chi connectivity index (χ0) is 20.4. The molecule has 9 heteroatoms. The number of pyridine rings is 1. The van der Waals surface area contributed by atoms with E-state index in [4.69, 9.17) is 13.7 Å². The van der Waals surface area contributed by atoms with E-state index in [1.807, 2.05) is 25.1 Å². The number of aromatic nitrogens is 3. The summed E-state index contributed by atoms with van der Waals surface area (Å²) >= 11 is 0. The van der Waals surface area contributed by atoms with Crippen molar-refractivity contribution in [1.29, 1.82) is 0 Å². The van der Waals surface area contributed by atoms with E-state index >= 15 is 0 Å². The van der Waals surface area contributed by atoms with Crippen LogP contribution in [0.25, 0.3) is 17.1 Å². The summed E-state index contributed by atoms with van der Waals surface area (Å²) in [6.07, 6.45) is 1.19. The van der Waals surface area contributed by atoms with Gasteiger partial charge in [0.25, 0.3) is 0 Å². The molecule has 4 rings (SSSR count). The van der Waals surface area contributed by atoms with Crippen LogP contribution in [0, 0.1) is 6.92 Å². The van der Waals surface area contributed by atoms with Crippen LogP contribution in [0.1, 0.15) is 24.3 Å². The highest BCUT2D eigenvalue weighted by molar-refractivity contribution is 7.87. The lowest BCUT2D eigenvalue weighted by Gasteiger charge is -2.12. The van der Waals surface area contributed by atoms with Crippen molar-refractivity contribution in [2.75, 3.05) is 19.0 Å². The molecule has 8 nitrogen and oxygen atoms in total. The number of benzene rings is 1. The van der Waals surface area contributed by atoms with Gasteiger partial charge >= 0.3 is 10.1 Å². The maximum Gasteiger partial charge on any atom is 0.310 e. The zero-order valence-electron chi connectivity index (χ0n) is 16.1. The Morgan fingerprint density at radius 3 is 2.66 bits per heavy atom. The first kappa shape index (κ1) is 19.6. The fourth-order valence-electron chi connectivity index (χ4n) is 3.00. The SMILES string of the molecule is CCS(=O)(=O)Oc1cc(-c2cc(C3OCCO3)ccc2C)nn1-c1ccccn1. The van der Waals surface area contributed by atoms with Gasteiger partial charge in [-0.25, -0.2) is 4.98 Å². The van der Waals surface area contributed by atoms with Gasteiger partial charge in [-0.3, -0.25) is 0 Å². The molecule has 0 radical (unpaired) electrons. The lowest BCUT2D eigenvalue weighted by Crippen LogP contribution is -2.14. The number of rotatable bonds is 6. The number of hydrogen-bond donors (Lipinski definition) is 0. The van der Waals surface area contributed by atoms with Crippen LogP contribution in [0.4, 0.5) is 0 Å². The fourth-order valence-corrected chi connectivity index (χ4v) is 3.50. The zero-order valence-corrected chi connectivity index (χ0v) is 16.9. The highest BCUT2D eigenvalue weighted by Gasteiger charge is 2.22. The Labute approximate surface area is 169 Å². The van der Waals surface area contributed by atoms with Gasteiger partial charge in [0.2, 0.25) is 5.88 Å². The van der Waals surface area contributed by atoms with Gasteiger partial charge < -0.3 is 13.7 Å². The Bertz CT molecular complexity index is 1110. The van der Waals surface area contributed by atoms with E-state index in [0.29, 0.717) is 24.7 Å². The van der Waals surface area contributed by atoms with Gasteiger partial charge in [-0.1, -0.05) is 18.2 Å².